The molecule has 0 aliphatic carbocycles. The van der Waals surface area contributed by atoms with Crippen LogP contribution in [0.25, 0.3) is 0 Å². The highest BCUT2D eigenvalue weighted by Gasteiger charge is 2.09. The van der Waals surface area contributed by atoms with Crippen LogP contribution < -0.4 is 5.32 Å². The van der Waals surface area contributed by atoms with E-state index < -0.39 is 0 Å². The number of nitrogens with one attached hydrogen (secondary N) is 1. The number of ether oxygens (including phenoxy) is 1. The van der Waals surface area contributed by atoms with Crippen molar-refractivity contribution >= 4 is 0 Å². The van der Waals surface area contributed by atoms with Gasteiger partial charge in [0.25, 0.3) is 0 Å². The maximum atomic E-state index is 5.33. The summed E-state index contributed by atoms with van der Waals surface area (Å²) in [5, 5.41) is 7.96. The van der Waals surface area contributed by atoms with Gasteiger partial charge >= 0.3 is 0 Å². The smallest absolute Gasteiger partial charge is 0.0762 e. The number of hydrogen-bond donors (Lipinski definition) is 1. The van der Waals surface area contributed by atoms with Crippen molar-refractivity contribution < 1.29 is 4.74 Å². The lowest BCUT2D eigenvalue weighted by molar-refractivity contribution is 0.0384. The summed E-state index contributed by atoms with van der Waals surface area (Å²) >= 11 is 0. The predicted octanol–water partition coefficient (Wildman–Crippen LogP) is 0.886. The summed E-state index contributed by atoms with van der Waals surface area (Å²) < 4.78 is 7.32. The minimum absolute atomic E-state index is 0.437. The fourth-order valence-electron chi connectivity index (χ4n) is 2.04. The summed E-state index contributed by atoms with van der Waals surface area (Å²) in [5.41, 5.74) is 1.12. The molecule has 18 heavy (non-hydrogen) atoms. The van der Waals surface area contributed by atoms with E-state index in [0.717, 1.165) is 51.6 Å². The van der Waals surface area contributed by atoms with E-state index in [2.05, 4.69) is 35.2 Å². The Labute approximate surface area is 109 Å². The van der Waals surface area contributed by atoms with Gasteiger partial charge in [-0.3, -0.25) is 9.58 Å². The Morgan fingerprint density at radius 2 is 2.17 bits per heavy atom. The van der Waals surface area contributed by atoms with Crippen LogP contribution in [0.5, 0.6) is 0 Å². The van der Waals surface area contributed by atoms with E-state index in [1.807, 2.05) is 10.9 Å². The summed E-state index contributed by atoms with van der Waals surface area (Å²) in [6.07, 6.45) is 2.05. The average Bonchev–Trinajstić information content (AvgIpc) is 2.85. The molecule has 0 radical (unpaired) electrons. The summed E-state index contributed by atoms with van der Waals surface area (Å²) in [6.45, 7) is 11.1. The SMILES string of the molecule is CC(C)n1ccc(CNCCN2CCOCC2)n1. The van der Waals surface area contributed by atoms with E-state index in [9.17, 15) is 0 Å². The Balaban J connectivity index is 1.62. The van der Waals surface area contributed by atoms with Crippen molar-refractivity contribution in [2.75, 3.05) is 39.4 Å². The molecule has 0 bridgehead atoms. The minimum atomic E-state index is 0.437. The summed E-state index contributed by atoms with van der Waals surface area (Å²) in [5.74, 6) is 0. The summed E-state index contributed by atoms with van der Waals surface area (Å²) in [6, 6.07) is 2.52. The molecule has 0 amide bonds. The number of aromatic nitrogens is 2. The van der Waals surface area contributed by atoms with Crippen LogP contribution in [0, 0.1) is 0 Å². The third kappa shape index (κ3) is 4.08. The summed E-state index contributed by atoms with van der Waals surface area (Å²) in [4.78, 5) is 2.43. The summed E-state index contributed by atoms with van der Waals surface area (Å²) in [7, 11) is 0. The van der Waals surface area contributed by atoms with Crippen LogP contribution in [0.2, 0.25) is 0 Å². The molecule has 2 rings (SSSR count). The van der Waals surface area contributed by atoms with Crippen LogP contribution in [-0.2, 0) is 11.3 Å². The third-order valence-corrected chi connectivity index (χ3v) is 3.21. The van der Waals surface area contributed by atoms with Crippen LogP contribution in [0.1, 0.15) is 25.6 Å². The van der Waals surface area contributed by atoms with E-state index in [4.69, 9.17) is 4.74 Å². The first-order chi connectivity index (χ1) is 8.75. The second-order valence-corrected chi connectivity index (χ2v) is 5.01. The van der Waals surface area contributed by atoms with Crippen molar-refractivity contribution in [3.63, 3.8) is 0 Å². The minimum Gasteiger partial charge on any atom is -0.379 e. The molecule has 2 heterocycles. The first kappa shape index (κ1) is 13.5. The molecule has 0 spiro atoms. The van der Waals surface area contributed by atoms with Crippen molar-refractivity contribution in [2.45, 2.75) is 26.4 Å². The fraction of sp³-hybridized carbons (Fsp3) is 0.769. The van der Waals surface area contributed by atoms with Gasteiger partial charge in [-0.1, -0.05) is 0 Å². The lowest BCUT2D eigenvalue weighted by atomic mass is 10.4. The standard InChI is InChI=1S/C13H24N4O/c1-12(2)17-5-3-13(15-17)11-14-4-6-16-7-9-18-10-8-16/h3,5,12,14H,4,6-11H2,1-2H3. The van der Waals surface area contributed by atoms with Gasteiger partial charge in [-0.25, -0.2) is 0 Å². The number of morpholine rings is 1. The molecular formula is C13H24N4O. The molecule has 0 saturated carbocycles. The van der Waals surface area contributed by atoms with E-state index in [1.165, 1.54) is 0 Å². The zero-order valence-corrected chi connectivity index (χ0v) is 11.4. The maximum absolute atomic E-state index is 5.33. The van der Waals surface area contributed by atoms with Gasteiger partial charge in [0, 0.05) is 45.0 Å². The first-order valence-corrected chi connectivity index (χ1v) is 6.80. The highest BCUT2D eigenvalue weighted by Crippen LogP contribution is 2.03. The molecular weight excluding hydrogens is 228 g/mol. The van der Waals surface area contributed by atoms with Crippen LogP contribution in [0.15, 0.2) is 12.3 Å². The highest BCUT2D eigenvalue weighted by atomic mass is 16.5. The molecule has 0 unspecified atom stereocenters. The number of nitrogens with zero attached hydrogens (tertiary/aromatic N) is 3. The molecule has 0 atom stereocenters. The molecule has 102 valence electrons. The average molecular weight is 252 g/mol. The van der Waals surface area contributed by atoms with Gasteiger partial charge < -0.3 is 10.1 Å². The molecule has 0 aromatic carbocycles. The lowest BCUT2D eigenvalue weighted by Crippen LogP contribution is -2.40. The molecule has 1 aromatic rings. The van der Waals surface area contributed by atoms with Crippen LogP contribution in [-0.4, -0.2) is 54.1 Å². The Bertz CT molecular complexity index is 345. The van der Waals surface area contributed by atoms with Gasteiger partial charge in [-0.05, 0) is 19.9 Å². The van der Waals surface area contributed by atoms with Gasteiger partial charge in [0.1, 0.15) is 0 Å². The quantitative estimate of drug-likeness (QED) is 0.763. The zero-order valence-electron chi connectivity index (χ0n) is 11.4. The van der Waals surface area contributed by atoms with E-state index in [1.54, 1.807) is 0 Å². The van der Waals surface area contributed by atoms with Crippen molar-refractivity contribution in [1.82, 2.24) is 20.0 Å². The van der Waals surface area contributed by atoms with Crippen molar-refractivity contribution in [1.29, 1.82) is 0 Å². The van der Waals surface area contributed by atoms with Gasteiger partial charge in [0.15, 0.2) is 0 Å². The molecule has 1 fully saturated rings. The number of rotatable bonds is 6. The van der Waals surface area contributed by atoms with Crippen LogP contribution in [0.4, 0.5) is 0 Å². The molecule has 1 saturated heterocycles. The van der Waals surface area contributed by atoms with Gasteiger partial charge in [0.2, 0.25) is 0 Å². The third-order valence-electron chi connectivity index (χ3n) is 3.21. The monoisotopic (exact) mass is 252 g/mol. The Morgan fingerprint density at radius 3 is 2.83 bits per heavy atom. The van der Waals surface area contributed by atoms with Crippen molar-refractivity contribution in [3.05, 3.63) is 18.0 Å². The highest BCUT2D eigenvalue weighted by molar-refractivity contribution is 4.98. The van der Waals surface area contributed by atoms with Gasteiger partial charge in [0.05, 0.1) is 18.9 Å². The fourth-order valence-corrected chi connectivity index (χ4v) is 2.04. The van der Waals surface area contributed by atoms with Crippen molar-refractivity contribution in [3.8, 4) is 0 Å². The molecule has 1 N–H and O–H groups in total. The lowest BCUT2D eigenvalue weighted by Gasteiger charge is -2.26. The zero-order chi connectivity index (χ0) is 12.8. The van der Waals surface area contributed by atoms with Crippen molar-refractivity contribution in [2.24, 2.45) is 0 Å². The topological polar surface area (TPSA) is 42.3 Å². The second kappa shape index (κ2) is 6.87. The number of hydrogen-bond acceptors (Lipinski definition) is 4. The molecule has 5 nitrogen and oxygen atoms in total. The van der Waals surface area contributed by atoms with E-state index in [-0.39, 0.29) is 0 Å². The molecule has 1 aromatic heterocycles. The van der Waals surface area contributed by atoms with Gasteiger partial charge in [-0.2, -0.15) is 5.10 Å². The van der Waals surface area contributed by atoms with Crippen LogP contribution >= 0.6 is 0 Å². The largest absolute Gasteiger partial charge is 0.379 e. The van der Waals surface area contributed by atoms with E-state index in [0.29, 0.717) is 6.04 Å². The Kier molecular flexibility index (Phi) is 5.16. The molecule has 1 aliphatic rings. The molecule has 5 heteroatoms. The van der Waals surface area contributed by atoms with E-state index >= 15 is 0 Å². The first-order valence-electron chi connectivity index (χ1n) is 6.80. The molecule has 1 aliphatic heterocycles. The normalized spacial score (nSPS) is 17.5. The van der Waals surface area contributed by atoms with Gasteiger partial charge in [-0.15, -0.1) is 0 Å². The van der Waals surface area contributed by atoms with Crippen LogP contribution in [0.3, 0.4) is 0 Å². The maximum Gasteiger partial charge on any atom is 0.0762 e. The Hall–Kier alpha value is -0.910. The predicted molar refractivity (Wildman–Crippen MR) is 71.6 cm³/mol. The Morgan fingerprint density at radius 1 is 1.39 bits per heavy atom. The second-order valence-electron chi connectivity index (χ2n) is 5.01.